The first kappa shape index (κ1) is 16.5. The molecule has 2 rings (SSSR count). The number of carbonyl (C=O) groups is 1. The number of ether oxygens (including phenoxy) is 1. The van der Waals surface area contributed by atoms with E-state index in [4.69, 9.17) is 10.00 Å². The highest BCUT2D eigenvalue weighted by molar-refractivity contribution is 5.91. The second-order valence-corrected chi connectivity index (χ2v) is 4.81. The Bertz CT molecular complexity index is 741. The van der Waals surface area contributed by atoms with Gasteiger partial charge in [-0.3, -0.25) is 4.79 Å². The second kappa shape index (κ2) is 7.92. The van der Waals surface area contributed by atoms with Gasteiger partial charge in [-0.15, -0.1) is 0 Å². The number of nitriles is 1. The maximum absolute atomic E-state index is 13.5. The predicted octanol–water partition coefficient (Wildman–Crippen LogP) is 2.89. The smallest absolute Gasteiger partial charge is 0.250 e. The van der Waals surface area contributed by atoms with Gasteiger partial charge in [0.15, 0.2) is 0 Å². The summed E-state index contributed by atoms with van der Waals surface area (Å²) >= 11 is 0. The molecule has 0 aliphatic heterocycles. The van der Waals surface area contributed by atoms with Crippen LogP contribution in [0, 0.1) is 17.1 Å². The molecule has 0 aromatic heterocycles. The number of nitrogens with one attached hydrogen (secondary N) is 2. The van der Waals surface area contributed by atoms with Gasteiger partial charge in [0.05, 0.1) is 5.69 Å². The molecule has 1 amide bonds. The van der Waals surface area contributed by atoms with Crippen LogP contribution in [0.1, 0.15) is 11.1 Å². The van der Waals surface area contributed by atoms with Gasteiger partial charge in [-0.25, -0.2) is 4.39 Å². The van der Waals surface area contributed by atoms with Crippen LogP contribution in [0.15, 0.2) is 42.5 Å². The average Bonchev–Trinajstić information content (AvgIpc) is 2.53. The zero-order valence-electron chi connectivity index (χ0n) is 12.6. The van der Waals surface area contributed by atoms with Gasteiger partial charge in [-0.1, -0.05) is 18.2 Å². The lowest BCUT2D eigenvalue weighted by atomic mass is 10.1. The minimum Gasteiger partial charge on any atom is -0.380 e. The number of halogens is 1. The molecule has 0 bridgehead atoms. The lowest BCUT2D eigenvalue weighted by molar-refractivity contribution is -0.119. The minimum atomic E-state index is -0.557. The summed E-state index contributed by atoms with van der Waals surface area (Å²) in [4.78, 5) is 11.5. The van der Waals surface area contributed by atoms with Gasteiger partial charge in [-0.05, 0) is 29.8 Å². The minimum absolute atomic E-state index is 0.0166. The van der Waals surface area contributed by atoms with Gasteiger partial charge in [0, 0.05) is 19.3 Å². The number of nitrogens with zero attached hydrogens (tertiary/aromatic N) is 1. The SMILES string of the molecule is COCC(=O)Nc1cccc(CNc2cccc(F)c2C#N)c1. The highest BCUT2D eigenvalue weighted by Gasteiger charge is 2.07. The molecule has 0 atom stereocenters. The summed E-state index contributed by atoms with van der Waals surface area (Å²) in [6, 6.07) is 13.5. The van der Waals surface area contributed by atoms with Crippen LogP contribution in [0.5, 0.6) is 0 Å². The number of hydrogen-bond acceptors (Lipinski definition) is 4. The molecule has 0 fully saturated rings. The van der Waals surface area contributed by atoms with Crippen molar-refractivity contribution in [1.82, 2.24) is 0 Å². The predicted molar refractivity (Wildman–Crippen MR) is 85.4 cm³/mol. The number of hydrogen-bond donors (Lipinski definition) is 2. The third-order valence-electron chi connectivity index (χ3n) is 3.09. The van der Waals surface area contributed by atoms with Gasteiger partial charge in [-0.2, -0.15) is 5.26 Å². The first-order chi connectivity index (χ1) is 11.1. The van der Waals surface area contributed by atoms with E-state index in [2.05, 4.69) is 10.6 Å². The summed E-state index contributed by atoms with van der Waals surface area (Å²) in [5.74, 6) is -0.799. The summed E-state index contributed by atoms with van der Waals surface area (Å²) in [7, 11) is 1.45. The number of anilines is 2. The normalized spacial score (nSPS) is 9.96. The molecular weight excluding hydrogens is 297 g/mol. The summed E-state index contributed by atoms with van der Waals surface area (Å²) in [6.45, 7) is 0.378. The Morgan fingerprint density at radius 3 is 2.83 bits per heavy atom. The topological polar surface area (TPSA) is 74.2 Å². The lowest BCUT2D eigenvalue weighted by Crippen LogP contribution is -2.17. The highest BCUT2D eigenvalue weighted by Crippen LogP contribution is 2.19. The largest absolute Gasteiger partial charge is 0.380 e. The van der Waals surface area contributed by atoms with E-state index in [-0.39, 0.29) is 18.1 Å². The van der Waals surface area contributed by atoms with Gasteiger partial charge in [0.25, 0.3) is 0 Å². The Balaban J connectivity index is 2.06. The second-order valence-electron chi connectivity index (χ2n) is 4.81. The molecule has 0 radical (unpaired) electrons. The van der Waals surface area contributed by atoms with Crippen molar-refractivity contribution in [2.75, 3.05) is 24.4 Å². The van der Waals surface area contributed by atoms with Gasteiger partial charge in [0.2, 0.25) is 5.91 Å². The first-order valence-corrected chi connectivity index (χ1v) is 6.94. The lowest BCUT2D eigenvalue weighted by Gasteiger charge is -2.10. The Kier molecular flexibility index (Phi) is 5.67. The number of methoxy groups -OCH3 is 1. The van der Waals surface area contributed by atoms with Crippen molar-refractivity contribution in [3.8, 4) is 6.07 Å². The zero-order valence-corrected chi connectivity index (χ0v) is 12.6. The van der Waals surface area contributed by atoms with Crippen molar-refractivity contribution in [2.45, 2.75) is 6.54 Å². The molecule has 0 aliphatic carbocycles. The first-order valence-electron chi connectivity index (χ1n) is 6.94. The van der Waals surface area contributed by atoms with Crippen molar-refractivity contribution >= 4 is 17.3 Å². The summed E-state index contributed by atoms with van der Waals surface area (Å²) in [5.41, 5.74) is 1.94. The van der Waals surface area contributed by atoms with E-state index in [0.717, 1.165) is 5.56 Å². The molecule has 5 nitrogen and oxygen atoms in total. The molecule has 0 spiro atoms. The van der Waals surface area contributed by atoms with Crippen molar-refractivity contribution in [3.05, 3.63) is 59.4 Å². The highest BCUT2D eigenvalue weighted by atomic mass is 19.1. The molecule has 6 heteroatoms. The maximum Gasteiger partial charge on any atom is 0.250 e. The molecule has 0 saturated heterocycles. The van der Waals surface area contributed by atoms with E-state index in [1.54, 1.807) is 30.3 Å². The fourth-order valence-electron chi connectivity index (χ4n) is 2.07. The standard InChI is InChI=1S/C17H16FN3O2/c1-23-11-17(22)21-13-5-2-4-12(8-13)10-20-16-7-3-6-15(18)14(16)9-19/h2-8,20H,10-11H2,1H3,(H,21,22). The van der Waals surface area contributed by atoms with Crippen LogP contribution in [0.3, 0.4) is 0 Å². The fraction of sp³-hybridized carbons (Fsp3) is 0.176. The van der Waals surface area contributed by atoms with Crippen LogP contribution in [-0.4, -0.2) is 19.6 Å². The van der Waals surface area contributed by atoms with E-state index < -0.39 is 5.82 Å². The molecule has 2 aromatic rings. The number of amides is 1. The van der Waals surface area contributed by atoms with Crippen molar-refractivity contribution in [1.29, 1.82) is 5.26 Å². The molecule has 23 heavy (non-hydrogen) atoms. The molecule has 2 N–H and O–H groups in total. The molecular formula is C17H16FN3O2. The molecule has 0 aliphatic rings. The molecule has 0 heterocycles. The molecule has 118 valence electrons. The molecule has 0 unspecified atom stereocenters. The van der Waals surface area contributed by atoms with Crippen molar-refractivity contribution in [3.63, 3.8) is 0 Å². The fourth-order valence-corrected chi connectivity index (χ4v) is 2.07. The summed E-state index contributed by atoms with van der Waals surface area (Å²) < 4.78 is 18.3. The maximum atomic E-state index is 13.5. The van der Waals surface area contributed by atoms with Crippen LogP contribution in [0.25, 0.3) is 0 Å². The van der Waals surface area contributed by atoms with Gasteiger partial charge >= 0.3 is 0 Å². The van der Waals surface area contributed by atoms with E-state index in [1.165, 1.54) is 13.2 Å². The van der Waals surface area contributed by atoms with Crippen LogP contribution >= 0.6 is 0 Å². The Labute approximate surface area is 133 Å². The third-order valence-corrected chi connectivity index (χ3v) is 3.09. The number of benzene rings is 2. The summed E-state index contributed by atoms with van der Waals surface area (Å²) in [5, 5.41) is 14.7. The molecule has 2 aromatic carbocycles. The third kappa shape index (κ3) is 4.53. The Morgan fingerprint density at radius 2 is 2.09 bits per heavy atom. The van der Waals surface area contributed by atoms with Crippen LogP contribution in [0.4, 0.5) is 15.8 Å². The number of rotatable bonds is 6. The van der Waals surface area contributed by atoms with Crippen molar-refractivity contribution < 1.29 is 13.9 Å². The van der Waals surface area contributed by atoms with E-state index in [1.807, 2.05) is 12.1 Å². The zero-order chi connectivity index (χ0) is 16.7. The monoisotopic (exact) mass is 313 g/mol. The van der Waals surface area contributed by atoms with Crippen LogP contribution in [0.2, 0.25) is 0 Å². The van der Waals surface area contributed by atoms with E-state index in [9.17, 15) is 9.18 Å². The van der Waals surface area contributed by atoms with E-state index in [0.29, 0.717) is 17.9 Å². The van der Waals surface area contributed by atoms with Gasteiger partial charge < -0.3 is 15.4 Å². The van der Waals surface area contributed by atoms with Crippen molar-refractivity contribution in [2.24, 2.45) is 0 Å². The molecule has 0 saturated carbocycles. The quantitative estimate of drug-likeness (QED) is 0.860. The summed E-state index contributed by atoms with van der Waals surface area (Å²) in [6.07, 6.45) is 0. The van der Waals surface area contributed by atoms with Crippen LogP contribution in [-0.2, 0) is 16.1 Å². The number of carbonyl (C=O) groups excluding carboxylic acids is 1. The Morgan fingerprint density at radius 1 is 1.30 bits per heavy atom. The van der Waals surface area contributed by atoms with Crippen LogP contribution < -0.4 is 10.6 Å². The Hall–Kier alpha value is -2.91. The van der Waals surface area contributed by atoms with E-state index >= 15 is 0 Å². The van der Waals surface area contributed by atoms with Gasteiger partial charge in [0.1, 0.15) is 24.1 Å². The average molecular weight is 313 g/mol.